The maximum atomic E-state index is 11.1. The summed E-state index contributed by atoms with van der Waals surface area (Å²) in [5, 5.41) is 8.36. The number of aliphatic carboxylic acids is 1. The van der Waals surface area contributed by atoms with Crippen LogP contribution in [0, 0.1) is 13.8 Å². The number of carbonyl (C=O) groups excluding carboxylic acids is 1. The van der Waals surface area contributed by atoms with Crippen LogP contribution < -0.4 is 0 Å². The Morgan fingerprint density at radius 3 is 2.46 bits per heavy atom. The van der Waals surface area contributed by atoms with Gasteiger partial charge < -0.3 is 9.52 Å². The number of carboxylic acids is 1. The smallest absolute Gasteiger partial charge is 0.311 e. The van der Waals surface area contributed by atoms with E-state index >= 15 is 0 Å². The number of hydrogen-bond acceptors (Lipinski definition) is 3. The molecule has 1 aromatic rings. The minimum atomic E-state index is -1.14. The molecule has 4 heteroatoms. The van der Waals surface area contributed by atoms with Crippen LogP contribution >= 0.6 is 0 Å². The molecule has 0 saturated heterocycles. The summed E-state index contributed by atoms with van der Waals surface area (Å²) in [4.78, 5) is 21.4. The highest BCUT2D eigenvalue weighted by molar-refractivity contribution is 6.03. The zero-order chi connectivity index (χ0) is 10.0. The van der Waals surface area contributed by atoms with E-state index in [9.17, 15) is 9.59 Å². The largest absolute Gasteiger partial charge is 0.481 e. The fraction of sp³-hybridized carbons (Fsp3) is 0.333. The van der Waals surface area contributed by atoms with Gasteiger partial charge >= 0.3 is 5.97 Å². The van der Waals surface area contributed by atoms with Gasteiger partial charge in [-0.3, -0.25) is 9.59 Å². The maximum Gasteiger partial charge on any atom is 0.311 e. The molecule has 0 aliphatic rings. The fourth-order valence-corrected chi connectivity index (χ4v) is 0.935. The van der Waals surface area contributed by atoms with E-state index in [2.05, 4.69) is 0 Å². The van der Waals surface area contributed by atoms with Gasteiger partial charge in [0.2, 0.25) is 5.78 Å². The van der Waals surface area contributed by atoms with Crippen LogP contribution in [0.15, 0.2) is 10.5 Å². The zero-order valence-corrected chi connectivity index (χ0v) is 7.46. The summed E-state index contributed by atoms with van der Waals surface area (Å²) in [6.45, 7) is 3.53. The molecule has 0 amide bonds. The van der Waals surface area contributed by atoms with E-state index < -0.39 is 18.2 Å². The summed E-state index contributed by atoms with van der Waals surface area (Å²) in [5.74, 6) is -0.869. The molecule has 1 rings (SSSR count). The van der Waals surface area contributed by atoms with Gasteiger partial charge in [0.05, 0.1) is 0 Å². The number of carboxylic acid groups (broad SMARTS) is 1. The topological polar surface area (TPSA) is 67.5 Å². The molecule has 0 unspecified atom stereocenters. The molecule has 0 fully saturated rings. The Balaban J connectivity index is 2.83. The number of Topliss-reactive ketones (excluding diaryl/α,β-unsaturated/α-hetero) is 1. The predicted molar refractivity (Wildman–Crippen MR) is 44.8 cm³/mol. The Morgan fingerprint density at radius 2 is 2.08 bits per heavy atom. The molecular formula is C9H10O4. The van der Waals surface area contributed by atoms with Gasteiger partial charge in [-0.15, -0.1) is 0 Å². The third-order valence-electron chi connectivity index (χ3n) is 1.75. The second-order valence-electron chi connectivity index (χ2n) is 2.84. The van der Waals surface area contributed by atoms with Crippen LogP contribution in [0.2, 0.25) is 0 Å². The van der Waals surface area contributed by atoms with Crippen LogP contribution in [0.5, 0.6) is 0 Å². The summed E-state index contributed by atoms with van der Waals surface area (Å²) < 4.78 is 5.06. The molecule has 0 atom stereocenters. The van der Waals surface area contributed by atoms with Crippen LogP contribution in [0.3, 0.4) is 0 Å². The highest BCUT2D eigenvalue weighted by atomic mass is 16.4. The highest BCUT2D eigenvalue weighted by Crippen LogP contribution is 2.14. The van der Waals surface area contributed by atoms with Crippen molar-refractivity contribution >= 4 is 11.8 Å². The van der Waals surface area contributed by atoms with E-state index in [1.165, 1.54) is 0 Å². The zero-order valence-electron chi connectivity index (χ0n) is 7.46. The molecule has 1 aromatic heterocycles. The normalized spacial score (nSPS) is 10.0. The lowest BCUT2D eigenvalue weighted by Gasteiger charge is -1.90. The van der Waals surface area contributed by atoms with Gasteiger partial charge in [-0.2, -0.15) is 0 Å². The van der Waals surface area contributed by atoms with Gasteiger partial charge in [0.1, 0.15) is 12.2 Å². The lowest BCUT2D eigenvalue weighted by Crippen LogP contribution is -2.05. The summed E-state index contributed by atoms with van der Waals surface area (Å²) in [6.07, 6.45) is -0.521. The minimum absolute atomic E-state index is 0.123. The van der Waals surface area contributed by atoms with Crippen LogP contribution in [0.4, 0.5) is 0 Å². The summed E-state index contributed by atoms with van der Waals surface area (Å²) >= 11 is 0. The SMILES string of the molecule is Cc1cc(C(=O)CC(=O)O)oc1C. The summed E-state index contributed by atoms with van der Waals surface area (Å²) in [5.41, 5.74) is 0.855. The highest BCUT2D eigenvalue weighted by Gasteiger charge is 2.15. The molecular weight excluding hydrogens is 172 g/mol. The second-order valence-corrected chi connectivity index (χ2v) is 2.84. The van der Waals surface area contributed by atoms with Gasteiger partial charge in [0.15, 0.2) is 5.76 Å². The van der Waals surface area contributed by atoms with Crippen molar-refractivity contribution < 1.29 is 19.1 Å². The second kappa shape index (κ2) is 3.43. The number of hydrogen-bond donors (Lipinski definition) is 1. The van der Waals surface area contributed by atoms with Crippen LogP contribution in [-0.4, -0.2) is 16.9 Å². The molecule has 1 N–H and O–H groups in total. The molecule has 0 aliphatic heterocycles. The van der Waals surface area contributed by atoms with E-state index in [1.807, 2.05) is 0 Å². The Hall–Kier alpha value is -1.58. The van der Waals surface area contributed by atoms with Gasteiger partial charge in [-0.25, -0.2) is 0 Å². The van der Waals surface area contributed by atoms with E-state index in [1.54, 1.807) is 19.9 Å². The molecule has 0 aliphatic carbocycles. The van der Waals surface area contributed by atoms with Crippen molar-refractivity contribution in [2.45, 2.75) is 20.3 Å². The van der Waals surface area contributed by atoms with Crippen molar-refractivity contribution in [3.8, 4) is 0 Å². The Morgan fingerprint density at radius 1 is 1.46 bits per heavy atom. The first-order chi connectivity index (χ1) is 6.00. The van der Waals surface area contributed by atoms with Crippen LogP contribution in [-0.2, 0) is 4.79 Å². The Kier molecular flexibility index (Phi) is 2.51. The van der Waals surface area contributed by atoms with Crippen LogP contribution in [0.1, 0.15) is 28.3 Å². The Bertz CT molecular complexity index is 329. The van der Waals surface area contributed by atoms with E-state index in [0.29, 0.717) is 5.76 Å². The van der Waals surface area contributed by atoms with Gasteiger partial charge in [-0.1, -0.05) is 0 Å². The number of furan rings is 1. The molecule has 0 saturated carbocycles. The van der Waals surface area contributed by atoms with Crippen molar-refractivity contribution in [1.82, 2.24) is 0 Å². The molecule has 13 heavy (non-hydrogen) atoms. The van der Waals surface area contributed by atoms with E-state index in [0.717, 1.165) is 5.56 Å². The fourth-order valence-electron chi connectivity index (χ4n) is 0.935. The quantitative estimate of drug-likeness (QED) is 0.568. The molecule has 4 nitrogen and oxygen atoms in total. The lowest BCUT2D eigenvalue weighted by molar-refractivity contribution is -0.135. The summed E-state index contributed by atoms with van der Waals surface area (Å²) in [7, 11) is 0. The third-order valence-corrected chi connectivity index (χ3v) is 1.75. The molecule has 0 aromatic carbocycles. The average molecular weight is 182 g/mol. The van der Waals surface area contributed by atoms with E-state index in [-0.39, 0.29) is 5.76 Å². The molecule has 1 heterocycles. The molecule has 70 valence electrons. The standard InChI is InChI=1S/C9H10O4/c1-5-3-8(13-6(5)2)7(10)4-9(11)12/h3H,4H2,1-2H3,(H,11,12). The number of ketones is 1. The third kappa shape index (κ3) is 2.18. The van der Waals surface area contributed by atoms with Crippen molar-refractivity contribution in [2.24, 2.45) is 0 Å². The van der Waals surface area contributed by atoms with Gasteiger partial charge in [0.25, 0.3) is 0 Å². The van der Waals surface area contributed by atoms with Crippen molar-refractivity contribution in [3.63, 3.8) is 0 Å². The summed E-state index contributed by atoms with van der Waals surface area (Å²) in [6, 6.07) is 1.56. The van der Waals surface area contributed by atoms with Crippen molar-refractivity contribution in [3.05, 3.63) is 23.2 Å². The van der Waals surface area contributed by atoms with Gasteiger partial charge in [0, 0.05) is 0 Å². The van der Waals surface area contributed by atoms with Gasteiger partial charge in [-0.05, 0) is 25.5 Å². The monoisotopic (exact) mass is 182 g/mol. The first-order valence-electron chi connectivity index (χ1n) is 3.82. The van der Waals surface area contributed by atoms with Crippen molar-refractivity contribution in [1.29, 1.82) is 0 Å². The number of aryl methyl sites for hydroxylation is 2. The molecule has 0 spiro atoms. The molecule has 0 bridgehead atoms. The number of rotatable bonds is 3. The predicted octanol–water partition coefficient (Wildman–Crippen LogP) is 1.55. The first kappa shape index (κ1) is 9.51. The lowest BCUT2D eigenvalue weighted by atomic mass is 10.2. The Labute approximate surface area is 75.2 Å². The number of carbonyl (C=O) groups is 2. The van der Waals surface area contributed by atoms with E-state index in [4.69, 9.17) is 9.52 Å². The minimum Gasteiger partial charge on any atom is -0.481 e. The average Bonchev–Trinajstić information content (AvgIpc) is 2.31. The van der Waals surface area contributed by atoms with Crippen LogP contribution in [0.25, 0.3) is 0 Å². The first-order valence-corrected chi connectivity index (χ1v) is 3.82. The van der Waals surface area contributed by atoms with Crippen molar-refractivity contribution in [2.75, 3.05) is 0 Å². The molecule has 0 radical (unpaired) electrons. The maximum absolute atomic E-state index is 11.1.